The molecule has 0 aliphatic heterocycles. The van der Waals surface area contributed by atoms with Gasteiger partial charge in [0.2, 0.25) is 0 Å². The van der Waals surface area contributed by atoms with Gasteiger partial charge in [-0.25, -0.2) is 0 Å². The molecule has 0 saturated carbocycles. The minimum atomic E-state index is -0.0542. The predicted molar refractivity (Wildman–Crippen MR) is 103 cm³/mol. The number of hydrogen-bond acceptors (Lipinski definition) is 2. The zero-order valence-corrected chi connectivity index (χ0v) is 14.4. The summed E-state index contributed by atoms with van der Waals surface area (Å²) in [6, 6.07) is 21.5. The number of hydrogen-bond donors (Lipinski definition) is 2. The second kappa shape index (κ2) is 7.90. The molecule has 0 radical (unpaired) electrons. The van der Waals surface area contributed by atoms with Gasteiger partial charge in [-0.1, -0.05) is 41.9 Å². The fraction of sp³-hybridized carbons (Fsp3) is 0.0526. The fourth-order valence-electron chi connectivity index (χ4n) is 2.39. The van der Waals surface area contributed by atoms with Crippen LogP contribution in [0, 0.1) is 0 Å². The lowest BCUT2D eigenvalue weighted by Gasteiger charge is -2.22. The van der Waals surface area contributed by atoms with Crippen LogP contribution in [0.3, 0.4) is 0 Å². The molecule has 3 rings (SSSR count). The van der Waals surface area contributed by atoms with Crippen molar-refractivity contribution in [1.29, 1.82) is 0 Å². The van der Waals surface area contributed by atoms with E-state index in [0.29, 0.717) is 10.1 Å². The number of pyridine rings is 1. The summed E-state index contributed by atoms with van der Waals surface area (Å²) in [5.41, 5.74) is 3.11. The monoisotopic (exact) mass is 353 g/mol. The number of nitrogens with one attached hydrogen (secondary N) is 2. The van der Waals surface area contributed by atoms with E-state index in [1.54, 1.807) is 12.4 Å². The van der Waals surface area contributed by atoms with Gasteiger partial charge >= 0.3 is 0 Å². The first-order chi connectivity index (χ1) is 11.7. The Hall–Kier alpha value is -2.43. The van der Waals surface area contributed by atoms with E-state index < -0.39 is 0 Å². The quantitative estimate of drug-likeness (QED) is 0.660. The normalized spacial score (nSPS) is 11.5. The summed E-state index contributed by atoms with van der Waals surface area (Å²) in [6.07, 6.45) is 3.56. The Bertz CT molecular complexity index is 752. The maximum atomic E-state index is 5.91. The van der Waals surface area contributed by atoms with Crippen LogP contribution in [0.5, 0.6) is 0 Å². The van der Waals surface area contributed by atoms with Crippen molar-refractivity contribution in [2.45, 2.75) is 6.04 Å². The first-order valence-corrected chi connectivity index (χ1v) is 8.29. The Morgan fingerprint density at radius 3 is 2.17 bits per heavy atom. The van der Waals surface area contributed by atoms with E-state index in [0.717, 1.165) is 16.8 Å². The van der Waals surface area contributed by atoms with Crippen molar-refractivity contribution in [2.24, 2.45) is 0 Å². The number of rotatable bonds is 4. The van der Waals surface area contributed by atoms with Crippen LogP contribution in [0.1, 0.15) is 17.2 Å². The third-order valence-corrected chi connectivity index (χ3v) is 4.02. The van der Waals surface area contributed by atoms with Gasteiger partial charge in [-0.15, -0.1) is 0 Å². The average molecular weight is 354 g/mol. The molecule has 0 bridgehead atoms. The number of anilines is 1. The second-order valence-corrected chi connectivity index (χ2v) is 6.07. The van der Waals surface area contributed by atoms with Crippen molar-refractivity contribution in [3.05, 3.63) is 95.3 Å². The Kier molecular flexibility index (Phi) is 5.41. The molecule has 0 unspecified atom stereocenters. The molecule has 0 spiro atoms. The molecular weight excluding hydrogens is 338 g/mol. The molecule has 3 aromatic rings. The van der Waals surface area contributed by atoms with Crippen LogP contribution < -0.4 is 10.6 Å². The summed E-state index contributed by atoms with van der Waals surface area (Å²) in [7, 11) is 0. The molecule has 0 fully saturated rings. The number of aromatic nitrogens is 1. The maximum absolute atomic E-state index is 5.91. The third kappa shape index (κ3) is 4.31. The highest BCUT2D eigenvalue weighted by atomic mass is 35.5. The molecule has 0 amide bonds. The second-order valence-electron chi connectivity index (χ2n) is 5.23. The summed E-state index contributed by atoms with van der Waals surface area (Å²) in [5.74, 6) is 0. The van der Waals surface area contributed by atoms with E-state index >= 15 is 0 Å². The van der Waals surface area contributed by atoms with Crippen molar-refractivity contribution in [1.82, 2.24) is 10.3 Å². The zero-order valence-electron chi connectivity index (χ0n) is 12.8. The predicted octanol–water partition coefficient (Wildman–Crippen LogP) is 4.81. The van der Waals surface area contributed by atoms with Gasteiger partial charge in [0.15, 0.2) is 5.11 Å². The maximum Gasteiger partial charge on any atom is 0.171 e. The standard InChI is InChI=1S/C19H16ClN3S/c20-16-6-8-17(9-7-16)22-19(24)23-18(14-4-2-1-3-5-14)15-10-12-21-13-11-15/h1-13,18H,(H2,22,23,24)/t18-/m1/s1. The van der Waals surface area contributed by atoms with Crippen LogP contribution in [-0.2, 0) is 0 Å². The topological polar surface area (TPSA) is 37.0 Å². The number of nitrogens with zero attached hydrogens (tertiary/aromatic N) is 1. The van der Waals surface area contributed by atoms with Crippen molar-refractivity contribution in [3.63, 3.8) is 0 Å². The summed E-state index contributed by atoms with van der Waals surface area (Å²) >= 11 is 11.4. The number of thiocarbonyl (C=S) groups is 1. The van der Waals surface area contributed by atoms with Crippen molar-refractivity contribution in [2.75, 3.05) is 5.32 Å². The Labute approximate surface area is 151 Å². The van der Waals surface area contributed by atoms with Crippen LogP contribution in [0.25, 0.3) is 0 Å². The van der Waals surface area contributed by atoms with Crippen molar-refractivity contribution in [3.8, 4) is 0 Å². The first kappa shape index (κ1) is 16.4. The Morgan fingerprint density at radius 1 is 0.875 bits per heavy atom. The van der Waals surface area contributed by atoms with Crippen LogP contribution in [0.4, 0.5) is 5.69 Å². The van der Waals surface area contributed by atoms with Gasteiger partial charge in [0.25, 0.3) is 0 Å². The van der Waals surface area contributed by atoms with E-state index in [4.69, 9.17) is 23.8 Å². The van der Waals surface area contributed by atoms with Crippen LogP contribution in [0.15, 0.2) is 79.1 Å². The minimum Gasteiger partial charge on any atom is -0.352 e. The summed E-state index contributed by atoms with van der Waals surface area (Å²) in [4.78, 5) is 4.09. The SMILES string of the molecule is S=C(Nc1ccc(Cl)cc1)N[C@H](c1ccccc1)c1ccncc1. The van der Waals surface area contributed by atoms with Crippen LogP contribution in [0.2, 0.25) is 5.02 Å². The van der Waals surface area contributed by atoms with E-state index in [-0.39, 0.29) is 6.04 Å². The highest BCUT2D eigenvalue weighted by Gasteiger charge is 2.15. The summed E-state index contributed by atoms with van der Waals surface area (Å²) in [6.45, 7) is 0. The van der Waals surface area contributed by atoms with E-state index in [9.17, 15) is 0 Å². The first-order valence-electron chi connectivity index (χ1n) is 7.50. The zero-order chi connectivity index (χ0) is 16.8. The molecular formula is C19H16ClN3S. The van der Waals surface area contributed by atoms with Crippen LogP contribution >= 0.6 is 23.8 Å². The number of benzene rings is 2. The van der Waals surface area contributed by atoms with Crippen molar-refractivity contribution < 1.29 is 0 Å². The molecule has 120 valence electrons. The van der Waals surface area contributed by atoms with Gasteiger partial charge in [0, 0.05) is 23.1 Å². The molecule has 5 heteroatoms. The van der Waals surface area contributed by atoms with Gasteiger partial charge < -0.3 is 10.6 Å². The molecule has 0 aliphatic rings. The van der Waals surface area contributed by atoms with Gasteiger partial charge in [-0.3, -0.25) is 4.98 Å². The van der Waals surface area contributed by atoms with Crippen LogP contribution in [-0.4, -0.2) is 10.1 Å². The third-order valence-electron chi connectivity index (χ3n) is 3.55. The molecule has 2 N–H and O–H groups in total. The lowest BCUT2D eigenvalue weighted by molar-refractivity contribution is 0.767. The highest BCUT2D eigenvalue weighted by Crippen LogP contribution is 2.22. The Balaban J connectivity index is 1.79. The Morgan fingerprint density at radius 2 is 1.50 bits per heavy atom. The molecule has 1 atom stereocenters. The van der Waals surface area contributed by atoms with E-state index in [1.807, 2.05) is 54.6 Å². The smallest absolute Gasteiger partial charge is 0.171 e. The van der Waals surface area contributed by atoms with Gasteiger partial charge in [0.05, 0.1) is 6.04 Å². The molecule has 0 saturated heterocycles. The largest absolute Gasteiger partial charge is 0.352 e. The lowest BCUT2D eigenvalue weighted by atomic mass is 10.00. The summed E-state index contributed by atoms with van der Waals surface area (Å²) < 4.78 is 0. The summed E-state index contributed by atoms with van der Waals surface area (Å²) in [5, 5.41) is 7.79. The molecule has 3 nitrogen and oxygen atoms in total. The molecule has 1 aromatic heterocycles. The minimum absolute atomic E-state index is 0.0542. The molecule has 2 aromatic carbocycles. The molecule has 24 heavy (non-hydrogen) atoms. The number of halogens is 1. The highest BCUT2D eigenvalue weighted by molar-refractivity contribution is 7.80. The van der Waals surface area contributed by atoms with E-state index in [2.05, 4.69) is 27.8 Å². The lowest BCUT2D eigenvalue weighted by Crippen LogP contribution is -2.33. The van der Waals surface area contributed by atoms with E-state index in [1.165, 1.54) is 0 Å². The van der Waals surface area contributed by atoms with Gasteiger partial charge in [-0.05, 0) is 59.7 Å². The van der Waals surface area contributed by atoms with Gasteiger partial charge in [-0.2, -0.15) is 0 Å². The average Bonchev–Trinajstić information content (AvgIpc) is 2.63. The fourth-order valence-corrected chi connectivity index (χ4v) is 2.75. The van der Waals surface area contributed by atoms with Gasteiger partial charge in [0.1, 0.15) is 0 Å². The van der Waals surface area contributed by atoms with Crippen molar-refractivity contribution >= 4 is 34.6 Å². The molecule has 0 aliphatic carbocycles. The molecule has 1 heterocycles.